The number of fused-ring (bicyclic) bond motifs is 27. The Balaban J connectivity index is 0.000000102. The lowest BCUT2D eigenvalue weighted by atomic mass is 9.92. The predicted molar refractivity (Wildman–Crippen MR) is 476 cm³/mol. The SMILES string of the molecule is c1cc(-c2ccc3c4ccccc4c4ccccc4c3c2)cc(-n2c3ccccc3c3ccccc32)c1.c1ccc(-n2c3ccccc3c3ccccc32)c(-c2ccc3c4ccccc4c4ccccc4c3c2)c1.c1ccc2c(c1)c1ccccc1c1cc(-c3ccc(-n4c5ccccc5c5ccccc54)cc3)ccc21. The number of rotatable bonds is 6. The highest BCUT2D eigenvalue weighted by Gasteiger charge is 2.20. The summed E-state index contributed by atoms with van der Waals surface area (Å²) in [6.07, 6.45) is 0. The zero-order valence-electron chi connectivity index (χ0n) is 60.7. The monoisotopic (exact) mass is 1410 g/mol. The van der Waals surface area contributed by atoms with E-state index in [-0.39, 0.29) is 0 Å². The first kappa shape index (κ1) is 63.6. The van der Waals surface area contributed by atoms with Gasteiger partial charge < -0.3 is 13.7 Å². The summed E-state index contributed by atoms with van der Waals surface area (Å²) in [5, 5.41) is 31.2. The average Bonchev–Trinajstić information content (AvgIpc) is 1.01. The van der Waals surface area contributed by atoms with Gasteiger partial charge in [-0.05, 0) is 210 Å². The lowest BCUT2D eigenvalue weighted by Crippen LogP contribution is -1.97. The molecular weight excluding hydrogens is 1340 g/mol. The van der Waals surface area contributed by atoms with Gasteiger partial charge in [-0.15, -0.1) is 0 Å². The minimum absolute atomic E-state index is 1.18. The Morgan fingerprint density at radius 3 is 0.703 bits per heavy atom. The number of aromatic nitrogens is 3. The molecule has 0 aliphatic heterocycles. The molecule has 0 amide bonds. The second-order valence-corrected chi connectivity index (χ2v) is 29.3. The normalized spacial score (nSPS) is 11.8. The standard InChI is InChI=1S/3C36H23N/c1-2-14-28-26(12-1)27-13-3-4-15-29(27)33-23-24(21-22-30(28)33)25-11-5-8-18-34(25)37-35-19-9-6-16-31(35)32-17-7-10-20-36(32)37;1-2-14-29-27(12-1)28-13-3-4-15-30(28)34-23-25(20-21-31(29)34)24-10-9-11-26(22-24)37-35-18-7-5-16-32(35)33-17-6-8-19-36(33)37;1-2-11-29-27(9-1)28-10-3-4-12-30(28)34-23-25(19-22-31(29)34)24-17-20-26(21-18-24)37-35-15-7-5-13-32(35)33-14-6-8-16-36(33)37/h3*1-23H. The first-order chi connectivity index (χ1) is 55.1. The molecule has 3 heteroatoms. The van der Waals surface area contributed by atoms with Gasteiger partial charge in [0, 0.05) is 49.3 Å². The fourth-order valence-electron chi connectivity index (χ4n) is 18.4. The van der Waals surface area contributed by atoms with E-state index in [1.807, 2.05) is 0 Å². The van der Waals surface area contributed by atoms with Gasteiger partial charge in [-0.1, -0.05) is 334 Å². The van der Waals surface area contributed by atoms with Crippen molar-refractivity contribution >= 4 is 162 Å². The maximum Gasteiger partial charge on any atom is 0.0541 e. The molecule has 21 aromatic carbocycles. The Bertz CT molecular complexity index is 7640. The Hall–Kier alpha value is -14.6. The summed E-state index contributed by atoms with van der Waals surface area (Å²) in [4.78, 5) is 0. The van der Waals surface area contributed by atoms with Crippen LogP contribution in [0.5, 0.6) is 0 Å². The quantitative estimate of drug-likeness (QED) is 0.147. The molecule has 0 aliphatic rings. The third-order valence-electron chi connectivity index (χ3n) is 23.3. The van der Waals surface area contributed by atoms with Gasteiger partial charge in [0.1, 0.15) is 0 Å². The Morgan fingerprint density at radius 2 is 0.351 bits per heavy atom. The van der Waals surface area contributed by atoms with Gasteiger partial charge in [-0.25, -0.2) is 0 Å². The van der Waals surface area contributed by atoms with Crippen LogP contribution in [0.25, 0.3) is 213 Å². The second kappa shape index (κ2) is 26.1. The summed E-state index contributed by atoms with van der Waals surface area (Å²) >= 11 is 0. The van der Waals surface area contributed by atoms with Crippen LogP contribution in [0.1, 0.15) is 0 Å². The number of para-hydroxylation sites is 7. The third kappa shape index (κ3) is 10.4. The van der Waals surface area contributed by atoms with E-state index in [2.05, 4.69) is 432 Å². The van der Waals surface area contributed by atoms with Crippen LogP contribution in [-0.4, -0.2) is 13.7 Å². The molecule has 0 spiro atoms. The van der Waals surface area contributed by atoms with Crippen LogP contribution in [0.4, 0.5) is 0 Å². The molecule has 0 bridgehead atoms. The van der Waals surface area contributed by atoms with Crippen LogP contribution in [0.15, 0.2) is 419 Å². The minimum atomic E-state index is 1.18. The second-order valence-electron chi connectivity index (χ2n) is 29.3. The molecule has 3 aromatic heterocycles. The molecule has 24 rings (SSSR count). The van der Waals surface area contributed by atoms with E-state index in [1.54, 1.807) is 0 Å². The van der Waals surface area contributed by atoms with Crippen molar-refractivity contribution < 1.29 is 0 Å². The summed E-state index contributed by atoms with van der Waals surface area (Å²) < 4.78 is 7.18. The Morgan fingerprint density at radius 1 is 0.117 bits per heavy atom. The maximum absolute atomic E-state index is 2.42. The minimum Gasteiger partial charge on any atom is -0.309 e. The molecule has 0 fully saturated rings. The molecule has 3 heterocycles. The molecular formula is C108H69N3. The van der Waals surface area contributed by atoms with Crippen molar-refractivity contribution in [2.45, 2.75) is 0 Å². The van der Waals surface area contributed by atoms with Gasteiger partial charge in [0.25, 0.3) is 0 Å². The largest absolute Gasteiger partial charge is 0.309 e. The number of nitrogens with zero attached hydrogens (tertiary/aromatic N) is 3. The number of benzene rings is 21. The fraction of sp³-hybridized carbons (Fsp3) is 0. The van der Waals surface area contributed by atoms with Crippen LogP contribution >= 0.6 is 0 Å². The van der Waals surface area contributed by atoms with Gasteiger partial charge in [0.05, 0.1) is 38.8 Å². The number of hydrogen-bond acceptors (Lipinski definition) is 0. The molecule has 0 atom stereocenters. The van der Waals surface area contributed by atoms with Gasteiger partial charge in [-0.2, -0.15) is 0 Å². The zero-order chi connectivity index (χ0) is 73.0. The van der Waals surface area contributed by atoms with E-state index in [1.165, 1.54) is 213 Å². The molecule has 111 heavy (non-hydrogen) atoms. The third-order valence-corrected chi connectivity index (χ3v) is 23.3. The van der Waals surface area contributed by atoms with Crippen LogP contribution in [0.2, 0.25) is 0 Å². The van der Waals surface area contributed by atoms with E-state index in [9.17, 15) is 0 Å². The van der Waals surface area contributed by atoms with Crippen LogP contribution in [-0.2, 0) is 0 Å². The molecule has 0 saturated heterocycles. The van der Waals surface area contributed by atoms with E-state index < -0.39 is 0 Å². The smallest absolute Gasteiger partial charge is 0.0541 e. The average molecular weight is 1410 g/mol. The highest BCUT2D eigenvalue weighted by atomic mass is 15.0. The molecule has 0 N–H and O–H groups in total. The molecule has 0 aliphatic carbocycles. The predicted octanol–water partition coefficient (Wildman–Crippen LogP) is 29.7. The van der Waals surface area contributed by atoms with Gasteiger partial charge in [0.15, 0.2) is 0 Å². The molecule has 3 nitrogen and oxygen atoms in total. The molecule has 0 unspecified atom stereocenters. The summed E-state index contributed by atoms with van der Waals surface area (Å²) in [5.41, 5.74) is 18.3. The first-order valence-corrected chi connectivity index (χ1v) is 38.4. The van der Waals surface area contributed by atoms with Crippen molar-refractivity contribution in [3.8, 4) is 50.4 Å². The number of hydrogen-bond donors (Lipinski definition) is 0. The van der Waals surface area contributed by atoms with Gasteiger partial charge >= 0.3 is 0 Å². The maximum atomic E-state index is 2.42. The van der Waals surface area contributed by atoms with E-state index >= 15 is 0 Å². The van der Waals surface area contributed by atoms with Gasteiger partial charge in [-0.3, -0.25) is 0 Å². The van der Waals surface area contributed by atoms with Crippen LogP contribution < -0.4 is 0 Å². The van der Waals surface area contributed by atoms with Crippen molar-refractivity contribution in [3.63, 3.8) is 0 Å². The molecule has 24 aromatic rings. The Kier molecular flexibility index (Phi) is 15.0. The van der Waals surface area contributed by atoms with Crippen molar-refractivity contribution in [2.24, 2.45) is 0 Å². The first-order valence-electron chi connectivity index (χ1n) is 38.4. The fourth-order valence-corrected chi connectivity index (χ4v) is 18.4. The van der Waals surface area contributed by atoms with Crippen LogP contribution in [0, 0.1) is 0 Å². The van der Waals surface area contributed by atoms with Gasteiger partial charge in [0.2, 0.25) is 0 Å². The topological polar surface area (TPSA) is 14.8 Å². The zero-order valence-corrected chi connectivity index (χ0v) is 60.7. The van der Waals surface area contributed by atoms with Crippen LogP contribution in [0.3, 0.4) is 0 Å². The van der Waals surface area contributed by atoms with E-state index in [4.69, 9.17) is 0 Å². The summed E-state index contributed by atoms with van der Waals surface area (Å²) in [6, 6.07) is 152. The van der Waals surface area contributed by atoms with Crippen molar-refractivity contribution in [1.82, 2.24) is 13.7 Å². The summed E-state index contributed by atoms with van der Waals surface area (Å²) in [7, 11) is 0. The molecule has 0 radical (unpaired) electrons. The summed E-state index contributed by atoms with van der Waals surface area (Å²) in [5.74, 6) is 0. The highest BCUT2D eigenvalue weighted by Crippen LogP contribution is 2.44. The van der Waals surface area contributed by atoms with Crippen molar-refractivity contribution in [2.75, 3.05) is 0 Å². The molecule has 0 saturated carbocycles. The summed E-state index contributed by atoms with van der Waals surface area (Å²) in [6.45, 7) is 0. The van der Waals surface area contributed by atoms with Crippen molar-refractivity contribution in [3.05, 3.63) is 419 Å². The van der Waals surface area contributed by atoms with E-state index in [0.717, 1.165) is 0 Å². The Labute approximate surface area is 640 Å². The lowest BCUT2D eigenvalue weighted by molar-refractivity contribution is 1.18. The van der Waals surface area contributed by atoms with E-state index in [0.29, 0.717) is 0 Å². The van der Waals surface area contributed by atoms with Crippen molar-refractivity contribution in [1.29, 1.82) is 0 Å². The highest BCUT2D eigenvalue weighted by molar-refractivity contribution is 6.29. The molecule has 516 valence electrons. The lowest BCUT2D eigenvalue weighted by Gasteiger charge is -2.16.